The van der Waals surface area contributed by atoms with Gasteiger partial charge in [0.2, 0.25) is 0 Å². The first kappa shape index (κ1) is 12.4. The van der Waals surface area contributed by atoms with Crippen molar-refractivity contribution in [3.05, 3.63) is 65.0 Å². The van der Waals surface area contributed by atoms with Gasteiger partial charge in [-0.15, -0.1) is 11.8 Å². The van der Waals surface area contributed by atoms with E-state index in [1.165, 1.54) is 12.1 Å². The molecule has 0 aliphatic heterocycles. The zero-order chi connectivity index (χ0) is 13.4. The Kier molecular flexibility index (Phi) is 3.15. The number of halogens is 1. The largest absolute Gasteiger partial charge is 0.294 e. The highest BCUT2D eigenvalue weighted by atomic mass is 32.2. The third kappa shape index (κ3) is 2.19. The fraction of sp³-hybridized carbons (Fsp3) is 0.188. The van der Waals surface area contributed by atoms with E-state index in [1.807, 2.05) is 18.4 Å². The lowest BCUT2D eigenvalue weighted by atomic mass is 9.93. The molecule has 1 nitrogen and oxygen atoms in total. The molecule has 3 rings (SSSR count). The maximum Gasteiger partial charge on any atom is 0.164 e. The predicted molar refractivity (Wildman–Crippen MR) is 75.4 cm³/mol. The number of ketones is 1. The van der Waals surface area contributed by atoms with Crippen molar-refractivity contribution in [2.75, 3.05) is 6.26 Å². The average Bonchev–Trinajstić information content (AvgIpc) is 2.76. The summed E-state index contributed by atoms with van der Waals surface area (Å²) in [5.74, 6) is -0.00154. The second kappa shape index (κ2) is 4.82. The molecule has 0 saturated heterocycles. The number of thioether (sulfide) groups is 1. The average molecular weight is 272 g/mol. The highest BCUT2D eigenvalue weighted by Crippen LogP contribution is 2.39. The SMILES string of the molecule is CSc1ccc2c(c1)C(c1ccc(F)cc1)CC2=O. The third-order valence-electron chi connectivity index (χ3n) is 3.60. The number of fused-ring (bicyclic) bond motifs is 1. The minimum Gasteiger partial charge on any atom is -0.294 e. The predicted octanol–water partition coefficient (Wildman–Crippen LogP) is 4.27. The van der Waals surface area contributed by atoms with Crippen LogP contribution in [0.15, 0.2) is 47.4 Å². The van der Waals surface area contributed by atoms with Gasteiger partial charge < -0.3 is 0 Å². The lowest BCUT2D eigenvalue weighted by Gasteiger charge is -2.12. The van der Waals surface area contributed by atoms with Crippen LogP contribution in [0, 0.1) is 5.82 Å². The number of Topliss-reactive ketones (excluding diaryl/α,β-unsaturated/α-hetero) is 1. The van der Waals surface area contributed by atoms with Gasteiger partial charge in [0.05, 0.1) is 0 Å². The summed E-state index contributed by atoms with van der Waals surface area (Å²) in [7, 11) is 0. The summed E-state index contributed by atoms with van der Waals surface area (Å²) in [5, 5.41) is 0. The number of carbonyl (C=O) groups is 1. The Hall–Kier alpha value is -1.61. The van der Waals surface area contributed by atoms with Crippen molar-refractivity contribution >= 4 is 17.5 Å². The van der Waals surface area contributed by atoms with Crippen LogP contribution in [-0.4, -0.2) is 12.0 Å². The second-order valence-electron chi connectivity index (χ2n) is 4.68. The minimum absolute atomic E-state index is 0.0650. The van der Waals surface area contributed by atoms with E-state index in [1.54, 1.807) is 23.9 Å². The Morgan fingerprint density at radius 2 is 1.89 bits per heavy atom. The van der Waals surface area contributed by atoms with Crippen LogP contribution in [-0.2, 0) is 0 Å². The Labute approximate surface area is 115 Å². The monoisotopic (exact) mass is 272 g/mol. The van der Waals surface area contributed by atoms with Gasteiger partial charge in [-0.05, 0) is 41.6 Å². The molecule has 0 heterocycles. The Morgan fingerprint density at radius 3 is 2.58 bits per heavy atom. The van der Waals surface area contributed by atoms with Gasteiger partial charge in [0.25, 0.3) is 0 Å². The van der Waals surface area contributed by atoms with Crippen LogP contribution in [0.3, 0.4) is 0 Å². The topological polar surface area (TPSA) is 17.1 Å². The molecule has 0 N–H and O–H groups in total. The molecule has 0 spiro atoms. The molecule has 0 fully saturated rings. The van der Waals surface area contributed by atoms with Crippen LogP contribution in [0.1, 0.15) is 33.8 Å². The van der Waals surface area contributed by atoms with Gasteiger partial charge >= 0.3 is 0 Å². The maximum atomic E-state index is 13.0. The first-order valence-corrected chi connectivity index (χ1v) is 7.38. The normalized spacial score (nSPS) is 17.6. The lowest BCUT2D eigenvalue weighted by Crippen LogP contribution is -1.97. The van der Waals surface area contributed by atoms with Gasteiger partial charge in [-0.25, -0.2) is 4.39 Å². The fourth-order valence-corrected chi connectivity index (χ4v) is 3.06. The summed E-state index contributed by atoms with van der Waals surface area (Å²) in [5.41, 5.74) is 2.89. The smallest absolute Gasteiger partial charge is 0.164 e. The molecular formula is C16H13FOS. The van der Waals surface area contributed by atoms with Crippen molar-refractivity contribution in [1.29, 1.82) is 0 Å². The van der Waals surface area contributed by atoms with Gasteiger partial charge in [-0.1, -0.05) is 18.2 Å². The van der Waals surface area contributed by atoms with E-state index >= 15 is 0 Å². The Balaban J connectivity index is 2.07. The van der Waals surface area contributed by atoms with Crippen LogP contribution >= 0.6 is 11.8 Å². The summed E-state index contributed by atoms with van der Waals surface area (Å²) < 4.78 is 13.0. The quantitative estimate of drug-likeness (QED) is 0.760. The van der Waals surface area contributed by atoms with E-state index in [9.17, 15) is 9.18 Å². The van der Waals surface area contributed by atoms with Crippen LogP contribution < -0.4 is 0 Å². The molecule has 1 atom stereocenters. The molecule has 1 aliphatic carbocycles. The van der Waals surface area contributed by atoms with Gasteiger partial charge in [0.1, 0.15) is 5.82 Å². The third-order valence-corrected chi connectivity index (χ3v) is 4.32. The number of carbonyl (C=O) groups excluding carboxylic acids is 1. The molecule has 0 saturated carbocycles. The highest BCUT2D eigenvalue weighted by Gasteiger charge is 2.30. The molecule has 1 unspecified atom stereocenters. The Bertz CT molecular complexity index is 634. The first-order chi connectivity index (χ1) is 9.19. The van der Waals surface area contributed by atoms with Crippen LogP contribution in [0.25, 0.3) is 0 Å². The van der Waals surface area contributed by atoms with Crippen molar-refractivity contribution in [2.45, 2.75) is 17.2 Å². The van der Waals surface area contributed by atoms with E-state index in [0.717, 1.165) is 21.6 Å². The van der Waals surface area contributed by atoms with E-state index in [0.29, 0.717) is 6.42 Å². The van der Waals surface area contributed by atoms with Crippen molar-refractivity contribution in [3.8, 4) is 0 Å². The molecule has 2 aromatic rings. The van der Waals surface area contributed by atoms with Crippen molar-refractivity contribution in [1.82, 2.24) is 0 Å². The summed E-state index contributed by atoms with van der Waals surface area (Å²) >= 11 is 1.66. The first-order valence-electron chi connectivity index (χ1n) is 6.15. The summed E-state index contributed by atoms with van der Waals surface area (Å²) in [6, 6.07) is 12.4. The van der Waals surface area contributed by atoms with Gasteiger partial charge in [-0.2, -0.15) is 0 Å². The molecule has 0 radical (unpaired) electrons. The van der Waals surface area contributed by atoms with E-state index < -0.39 is 0 Å². The van der Waals surface area contributed by atoms with Crippen molar-refractivity contribution < 1.29 is 9.18 Å². The number of benzene rings is 2. The zero-order valence-electron chi connectivity index (χ0n) is 10.5. The zero-order valence-corrected chi connectivity index (χ0v) is 11.3. The number of rotatable bonds is 2. The molecule has 0 bridgehead atoms. The summed E-state index contributed by atoms with van der Waals surface area (Å²) in [4.78, 5) is 13.2. The molecule has 96 valence electrons. The minimum atomic E-state index is -0.244. The Morgan fingerprint density at radius 1 is 1.16 bits per heavy atom. The van der Waals surface area contributed by atoms with E-state index in [2.05, 4.69) is 6.07 Å². The molecular weight excluding hydrogens is 259 g/mol. The van der Waals surface area contributed by atoms with Gasteiger partial charge in [0, 0.05) is 22.8 Å². The summed E-state index contributed by atoms with van der Waals surface area (Å²) in [6.07, 6.45) is 2.50. The van der Waals surface area contributed by atoms with E-state index in [-0.39, 0.29) is 17.5 Å². The van der Waals surface area contributed by atoms with Crippen molar-refractivity contribution in [3.63, 3.8) is 0 Å². The van der Waals surface area contributed by atoms with Gasteiger partial charge in [0.15, 0.2) is 5.78 Å². The summed E-state index contributed by atoms with van der Waals surface area (Å²) in [6.45, 7) is 0. The second-order valence-corrected chi connectivity index (χ2v) is 5.56. The fourth-order valence-electron chi connectivity index (χ4n) is 2.61. The lowest BCUT2D eigenvalue weighted by molar-refractivity contribution is 0.0991. The molecule has 0 aromatic heterocycles. The van der Waals surface area contributed by atoms with Crippen LogP contribution in [0.2, 0.25) is 0 Å². The molecule has 19 heavy (non-hydrogen) atoms. The molecule has 1 aliphatic rings. The van der Waals surface area contributed by atoms with Crippen molar-refractivity contribution in [2.24, 2.45) is 0 Å². The van der Waals surface area contributed by atoms with E-state index in [4.69, 9.17) is 0 Å². The maximum absolute atomic E-state index is 13.0. The van der Waals surface area contributed by atoms with Gasteiger partial charge in [-0.3, -0.25) is 4.79 Å². The number of hydrogen-bond acceptors (Lipinski definition) is 2. The molecule has 0 amide bonds. The van der Waals surface area contributed by atoms with Crippen LogP contribution in [0.5, 0.6) is 0 Å². The molecule has 2 aromatic carbocycles. The standard InChI is InChI=1S/C16H13FOS/c1-19-12-6-7-13-15(8-12)14(9-16(13)18)10-2-4-11(17)5-3-10/h2-8,14H,9H2,1H3. The molecule has 3 heteroatoms. The van der Waals surface area contributed by atoms with Crippen LogP contribution in [0.4, 0.5) is 4.39 Å². The highest BCUT2D eigenvalue weighted by molar-refractivity contribution is 7.98. The number of hydrogen-bond donors (Lipinski definition) is 0.